The molecular formula is C20H21N3OS2. The molecule has 1 amide bonds. The van der Waals surface area contributed by atoms with E-state index in [0.29, 0.717) is 6.42 Å². The van der Waals surface area contributed by atoms with Crippen LogP contribution in [-0.4, -0.2) is 24.0 Å². The average Bonchev–Trinajstić information content (AvgIpc) is 3.37. The van der Waals surface area contributed by atoms with E-state index in [0.717, 1.165) is 39.2 Å². The Bertz CT molecular complexity index is 878. The summed E-state index contributed by atoms with van der Waals surface area (Å²) in [6.07, 6.45) is 2.88. The quantitative estimate of drug-likeness (QED) is 0.677. The number of hydrogen-bond acceptors (Lipinski definition) is 5. The van der Waals surface area contributed by atoms with Gasteiger partial charge in [-0.1, -0.05) is 6.07 Å². The molecule has 1 N–H and O–H groups in total. The zero-order chi connectivity index (χ0) is 17.9. The Hall–Kier alpha value is -2.18. The second kappa shape index (κ2) is 7.60. The largest absolute Gasteiger partial charge is 0.372 e. The number of rotatable bonds is 5. The Morgan fingerprint density at radius 1 is 1.19 bits per heavy atom. The highest BCUT2D eigenvalue weighted by atomic mass is 32.1. The summed E-state index contributed by atoms with van der Waals surface area (Å²) in [5, 5.41) is 6.04. The molecule has 3 heterocycles. The molecule has 0 saturated carbocycles. The standard InChI is InChI=1S/C20H21N3OS2/c1-14-21-20(17-5-4-12-25-17)18(26-14)13-19(24)22-15-6-8-16(9-7-15)23-10-2-3-11-23/h4-9,12H,2-3,10-11,13H2,1H3,(H,22,24). The predicted octanol–water partition coefficient (Wildman–Crippen LogP) is 4.96. The van der Waals surface area contributed by atoms with Crippen LogP contribution in [0.25, 0.3) is 10.6 Å². The Labute approximate surface area is 161 Å². The van der Waals surface area contributed by atoms with Crippen molar-refractivity contribution in [3.8, 4) is 10.6 Å². The number of aryl methyl sites for hydroxylation is 1. The molecule has 0 aliphatic carbocycles. The number of amides is 1. The van der Waals surface area contributed by atoms with Gasteiger partial charge in [0.1, 0.15) is 0 Å². The van der Waals surface area contributed by atoms with Gasteiger partial charge in [-0.05, 0) is 55.5 Å². The van der Waals surface area contributed by atoms with Gasteiger partial charge in [0.05, 0.1) is 22.0 Å². The zero-order valence-corrected chi connectivity index (χ0v) is 16.3. The van der Waals surface area contributed by atoms with E-state index < -0.39 is 0 Å². The molecule has 0 atom stereocenters. The summed E-state index contributed by atoms with van der Waals surface area (Å²) in [6, 6.07) is 12.2. The fourth-order valence-electron chi connectivity index (χ4n) is 3.28. The van der Waals surface area contributed by atoms with Gasteiger partial charge < -0.3 is 10.2 Å². The van der Waals surface area contributed by atoms with Gasteiger partial charge in [0, 0.05) is 29.3 Å². The number of hydrogen-bond donors (Lipinski definition) is 1. The minimum atomic E-state index is 0.000351. The van der Waals surface area contributed by atoms with Crippen LogP contribution >= 0.6 is 22.7 Å². The van der Waals surface area contributed by atoms with E-state index in [-0.39, 0.29) is 5.91 Å². The van der Waals surface area contributed by atoms with Crippen molar-refractivity contribution < 1.29 is 4.79 Å². The fourth-order valence-corrected chi connectivity index (χ4v) is 5.03. The maximum absolute atomic E-state index is 12.5. The highest BCUT2D eigenvalue weighted by Gasteiger charge is 2.16. The van der Waals surface area contributed by atoms with Gasteiger partial charge in [-0.15, -0.1) is 22.7 Å². The van der Waals surface area contributed by atoms with Crippen molar-refractivity contribution in [2.45, 2.75) is 26.2 Å². The summed E-state index contributed by atoms with van der Waals surface area (Å²) in [5.74, 6) is 0.000351. The Kier molecular flexibility index (Phi) is 5.04. The summed E-state index contributed by atoms with van der Waals surface area (Å²) < 4.78 is 0. The number of aromatic nitrogens is 1. The van der Waals surface area contributed by atoms with E-state index >= 15 is 0 Å². The number of nitrogens with one attached hydrogen (secondary N) is 1. The molecule has 0 unspecified atom stereocenters. The number of anilines is 2. The van der Waals surface area contributed by atoms with Crippen LogP contribution in [0.4, 0.5) is 11.4 Å². The second-order valence-corrected chi connectivity index (χ2v) is 8.68. The minimum Gasteiger partial charge on any atom is -0.372 e. The molecule has 4 rings (SSSR count). The molecule has 1 aliphatic heterocycles. The molecule has 1 aliphatic rings. The summed E-state index contributed by atoms with van der Waals surface area (Å²) in [6.45, 7) is 4.24. The lowest BCUT2D eigenvalue weighted by atomic mass is 10.2. The number of benzene rings is 1. The Morgan fingerprint density at radius 2 is 1.96 bits per heavy atom. The molecule has 1 aromatic carbocycles. The molecule has 0 bridgehead atoms. The van der Waals surface area contributed by atoms with Crippen LogP contribution in [0.2, 0.25) is 0 Å². The van der Waals surface area contributed by atoms with Gasteiger partial charge in [0.25, 0.3) is 0 Å². The zero-order valence-electron chi connectivity index (χ0n) is 14.7. The number of nitrogens with zero attached hydrogens (tertiary/aromatic N) is 2. The first kappa shape index (κ1) is 17.2. The molecule has 134 valence electrons. The van der Waals surface area contributed by atoms with Crippen LogP contribution in [0.3, 0.4) is 0 Å². The lowest BCUT2D eigenvalue weighted by molar-refractivity contribution is -0.115. The van der Waals surface area contributed by atoms with Gasteiger partial charge in [-0.3, -0.25) is 4.79 Å². The van der Waals surface area contributed by atoms with Crippen molar-refractivity contribution in [1.29, 1.82) is 0 Å². The first-order valence-corrected chi connectivity index (χ1v) is 10.5. The molecule has 6 heteroatoms. The number of carbonyl (C=O) groups excluding carboxylic acids is 1. The van der Waals surface area contributed by atoms with Gasteiger partial charge in [-0.2, -0.15) is 0 Å². The summed E-state index contributed by atoms with van der Waals surface area (Å²) in [5.41, 5.74) is 3.03. The van der Waals surface area contributed by atoms with Crippen LogP contribution < -0.4 is 10.2 Å². The molecule has 1 fully saturated rings. The van der Waals surface area contributed by atoms with E-state index in [1.54, 1.807) is 22.7 Å². The molecule has 0 spiro atoms. The smallest absolute Gasteiger partial charge is 0.229 e. The van der Waals surface area contributed by atoms with Crippen molar-refractivity contribution >= 4 is 40.0 Å². The molecule has 3 aromatic rings. The Balaban J connectivity index is 1.43. The van der Waals surface area contributed by atoms with Crippen LogP contribution in [0.15, 0.2) is 41.8 Å². The second-order valence-electron chi connectivity index (χ2n) is 6.45. The van der Waals surface area contributed by atoms with Crippen LogP contribution in [0.5, 0.6) is 0 Å². The van der Waals surface area contributed by atoms with Crippen LogP contribution in [0, 0.1) is 6.92 Å². The van der Waals surface area contributed by atoms with E-state index in [4.69, 9.17) is 0 Å². The van der Waals surface area contributed by atoms with Crippen molar-refractivity contribution in [3.05, 3.63) is 51.7 Å². The minimum absolute atomic E-state index is 0.000351. The van der Waals surface area contributed by atoms with E-state index in [1.807, 2.05) is 30.5 Å². The highest BCUT2D eigenvalue weighted by molar-refractivity contribution is 7.15. The maximum Gasteiger partial charge on any atom is 0.229 e. The number of carbonyl (C=O) groups is 1. The van der Waals surface area contributed by atoms with Crippen molar-refractivity contribution in [1.82, 2.24) is 4.98 Å². The molecular weight excluding hydrogens is 362 g/mol. The molecule has 4 nitrogen and oxygen atoms in total. The first-order chi connectivity index (χ1) is 12.7. The average molecular weight is 384 g/mol. The van der Waals surface area contributed by atoms with Crippen LogP contribution in [-0.2, 0) is 11.2 Å². The van der Waals surface area contributed by atoms with Crippen molar-refractivity contribution in [3.63, 3.8) is 0 Å². The topological polar surface area (TPSA) is 45.2 Å². The number of thiazole rings is 1. The molecule has 26 heavy (non-hydrogen) atoms. The van der Waals surface area contributed by atoms with E-state index in [1.165, 1.54) is 18.5 Å². The third-order valence-corrected chi connectivity index (χ3v) is 6.35. The summed E-state index contributed by atoms with van der Waals surface area (Å²) in [4.78, 5) is 21.7. The molecule has 0 radical (unpaired) electrons. The molecule has 2 aromatic heterocycles. The predicted molar refractivity (Wildman–Crippen MR) is 110 cm³/mol. The maximum atomic E-state index is 12.5. The SMILES string of the molecule is Cc1nc(-c2cccs2)c(CC(=O)Nc2ccc(N3CCCC3)cc2)s1. The first-order valence-electron chi connectivity index (χ1n) is 8.84. The molecule has 1 saturated heterocycles. The fraction of sp³-hybridized carbons (Fsp3) is 0.300. The van der Waals surface area contributed by atoms with E-state index in [2.05, 4.69) is 33.4 Å². The lowest BCUT2D eigenvalue weighted by Gasteiger charge is -2.17. The Morgan fingerprint density at radius 3 is 2.65 bits per heavy atom. The van der Waals surface area contributed by atoms with Crippen LogP contribution in [0.1, 0.15) is 22.7 Å². The third kappa shape index (κ3) is 3.81. The van der Waals surface area contributed by atoms with Crippen molar-refractivity contribution in [2.75, 3.05) is 23.3 Å². The summed E-state index contributed by atoms with van der Waals surface area (Å²) >= 11 is 3.25. The van der Waals surface area contributed by atoms with Gasteiger partial charge in [0.15, 0.2) is 0 Å². The monoisotopic (exact) mass is 383 g/mol. The van der Waals surface area contributed by atoms with E-state index in [9.17, 15) is 4.79 Å². The summed E-state index contributed by atoms with van der Waals surface area (Å²) in [7, 11) is 0. The highest BCUT2D eigenvalue weighted by Crippen LogP contribution is 2.31. The third-order valence-electron chi connectivity index (χ3n) is 4.50. The lowest BCUT2D eigenvalue weighted by Crippen LogP contribution is -2.18. The van der Waals surface area contributed by atoms with Gasteiger partial charge in [-0.25, -0.2) is 4.98 Å². The normalized spacial score (nSPS) is 14.0. The van der Waals surface area contributed by atoms with Crippen molar-refractivity contribution in [2.24, 2.45) is 0 Å². The van der Waals surface area contributed by atoms with Gasteiger partial charge >= 0.3 is 0 Å². The van der Waals surface area contributed by atoms with Gasteiger partial charge in [0.2, 0.25) is 5.91 Å². The number of thiophene rings is 1.